The van der Waals surface area contributed by atoms with Gasteiger partial charge < -0.3 is 4.57 Å². The van der Waals surface area contributed by atoms with Crippen LogP contribution in [0.25, 0.3) is 10.9 Å². The van der Waals surface area contributed by atoms with Crippen LogP contribution in [-0.4, -0.2) is 12.6 Å². The molecule has 0 saturated carbocycles. The van der Waals surface area contributed by atoms with Gasteiger partial charge in [-0.05, 0) is 21.7 Å². The number of hydrogen-bond donors (Lipinski definition) is 0. The molecule has 0 atom stereocenters. The second-order valence-electron chi connectivity index (χ2n) is 6.55. The minimum absolute atomic E-state index is 0.386. The van der Waals surface area contributed by atoms with Crippen LogP contribution in [0.3, 0.4) is 0 Å². The van der Waals surface area contributed by atoms with Crippen molar-refractivity contribution in [1.82, 2.24) is 4.57 Å². The van der Waals surface area contributed by atoms with Crippen molar-refractivity contribution in [1.29, 1.82) is 0 Å². The van der Waals surface area contributed by atoms with Crippen molar-refractivity contribution in [2.75, 3.05) is 0 Å². The molecular formula is C15H23NSi. The largest absolute Gasteiger partial charge is 0.351 e. The molecule has 17 heavy (non-hydrogen) atoms. The lowest BCUT2D eigenvalue weighted by Crippen LogP contribution is -2.49. The van der Waals surface area contributed by atoms with Gasteiger partial charge in [0.2, 0.25) is 0 Å². The van der Waals surface area contributed by atoms with Crippen molar-refractivity contribution < 1.29 is 0 Å². The van der Waals surface area contributed by atoms with Gasteiger partial charge in [0.1, 0.15) is 0 Å². The molecule has 0 N–H and O–H groups in total. The first-order valence-corrected chi connectivity index (χ1v) is 9.30. The maximum Gasteiger partial charge on any atom is 0.0887 e. The summed E-state index contributed by atoms with van der Waals surface area (Å²) < 4.78 is 2.27. The first-order chi connectivity index (χ1) is 7.75. The topological polar surface area (TPSA) is 4.93 Å². The molecule has 0 amide bonds. The third kappa shape index (κ3) is 1.84. The van der Waals surface area contributed by atoms with Gasteiger partial charge in [0, 0.05) is 18.8 Å². The fourth-order valence-electron chi connectivity index (χ4n) is 2.24. The monoisotopic (exact) mass is 245 g/mol. The number of fused-ring (bicyclic) bond motifs is 1. The van der Waals surface area contributed by atoms with Gasteiger partial charge in [-0.3, -0.25) is 0 Å². The van der Waals surface area contributed by atoms with Crippen LogP contribution in [0.4, 0.5) is 0 Å². The van der Waals surface area contributed by atoms with Crippen molar-refractivity contribution in [3.8, 4) is 0 Å². The summed E-state index contributed by atoms with van der Waals surface area (Å²) in [5.41, 5.74) is 1.35. The molecule has 1 aromatic carbocycles. The molecule has 0 saturated heterocycles. The minimum atomic E-state index is -1.45. The van der Waals surface area contributed by atoms with Gasteiger partial charge in [-0.2, -0.15) is 0 Å². The lowest BCUT2D eigenvalue weighted by atomic mass is 10.2. The van der Waals surface area contributed by atoms with E-state index in [1.54, 1.807) is 5.19 Å². The summed E-state index contributed by atoms with van der Waals surface area (Å²) in [4.78, 5) is 0. The lowest BCUT2D eigenvalue weighted by molar-refractivity contribution is 0.729. The van der Waals surface area contributed by atoms with Gasteiger partial charge in [0.15, 0.2) is 0 Å². The molecule has 0 aliphatic heterocycles. The molecule has 0 unspecified atom stereocenters. The minimum Gasteiger partial charge on any atom is -0.351 e. The van der Waals surface area contributed by atoms with Crippen molar-refractivity contribution in [2.24, 2.45) is 7.05 Å². The Bertz CT molecular complexity index is 544. The first kappa shape index (κ1) is 12.4. The number of benzene rings is 1. The van der Waals surface area contributed by atoms with Crippen LogP contribution >= 0.6 is 0 Å². The summed E-state index contributed by atoms with van der Waals surface area (Å²) in [6, 6.07) is 8.76. The number of rotatable bonds is 1. The molecule has 92 valence electrons. The number of nitrogens with zero attached hydrogens (tertiary/aromatic N) is 1. The Kier molecular flexibility index (Phi) is 2.73. The van der Waals surface area contributed by atoms with Crippen molar-refractivity contribution in [3.63, 3.8) is 0 Å². The average molecular weight is 245 g/mol. The number of hydrogen-bond acceptors (Lipinski definition) is 0. The highest BCUT2D eigenvalue weighted by Gasteiger charge is 2.38. The molecule has 0 aliphatic rings. The Labute approximate surface area is 105 Å². The predicted octanol–water partition coefficient (Wildman–Crippen LogP) is 3.89. The molecular weight excluding hydrogens is 222 g/mol. The molecule has 0 spiro atoms. The molecule has 1 aromatic heterocycles. The fraction of sp³-hybridized carbons (Fsp3) is 0.467. The van der Waals surface area contributed by atoms with Crippen molar-refractivity contribution in [2.45, 2.75) is 38.9 Å². The maximum absolute atomic E-state index is 2.48. The van der Waals surface area contributed by atoms with Gasteiger partial charge in [-0.25, -0.2) is 0 Å². The summed E-state index contributed by atoms with van der Waals surface area (Å²) in [6.07, 6.45) is 2.35. The molecule has 2 aromatic rings. The van der Waals surface area contributed by atoms with Crippen LogP contribution in [0.5, 0.6) is 0 Å². The van der Waals surface area contributed by atoms with E-state index in [0.29, 0.717) is 5.04 Å². The predicted molar refractivity (Wildman–Crippen MR) is 79.8 cm³/mol. The summed E-state index contributed by atoms with van der Waals surface area (Å²) in [5.74, 6) is 0. The Morgan fingerprint density at radius 1 is 1.06 bits per heavy atom. The van der Waals surface area contributed by atoms with E-state index in [-0.39, 0.29) is 0 Å². The summed E-state index contributed by atoms with van der Waals surface area (Å²) in [5, 5.41) is 3.42. The molecule has 1 heterocycles. The van der Waals surface area contributed by atoms with Crippen LogP contribution in [-0.2, 0) is 7.05 Å². The Hall–Kier alpha value is -1.02. The van der Waals surface area contributed by atoms with E-state index in [2.05, 4.69) is 75.9 Å². The van der Waals surface area contributed by atoms with E-state index < -0.39 is 8.07 Å². The second-order valence-corrected chi connectivity index (χ2v) is 11.8. The first-order valence-electron chi connectivity index (χ1n) is 6.30. The zero-order chi connectivity index (χ0) is 12.8. The van der Waals surface area contributed by atoms with Gasteiger partial charge in [-0.15, -0.1) is 0 Å². The van der Waals surface area contributed by atoms with Gasteiger partial charge in [0.25, 0.3) is 0 Å². The fourth-order valence-corrected chi connectivity index (χ4v) is 4.45. The molecule has 2 heteroatoms. The summed E-state index contributed by atoms with van der Waals surface area (Å²) in [6.45, 7) is 12.1. The molecule has 1 nitrogen and oxygen atoms in total. The highest BCUT2D eigenvalue weighted by Crippen LogP contribution is 2.37. The van der Waals surface area contributed by atoms with Gasteiger partial charge in [0.05, 0.1) is 8.07 Å². The van der Waals surface area contributed by atoms with E-state index in [1.807, 2.05) is 0 Å². The Morgan fingerprint density at radius 2 is 1.65 bits per heavy atom. The van der Waals surface area contributed by atoms with E-state index in [4.69, 9.17) is 0 Å². The third-order valence-electron chi connectivity index (χ3n) is 4.45. The SMILES string of the molecule is Cn1cc([Si](C)(C)C(C)(C)C)c2ccccc21. The number of para-hydroxylation sites is 1. The standard InChI is InChI=1S/C15H23NSi/c1-15(2,3)17(5,6)14-11-16(4)13-10-8-7-9-12(13)14/h7-11H,1-6H3. The maximum atomic E-state index is 2.48. The van der Waals surface area contributed by atoms with E-state index in [1.165, 1.54) is 10.9 Å². The molecule has 0 aliphatic carbocycles. The van der Waals surface area contributed by atoms with Crippen molar-refractivity contribution in [3.05, 3.63) is 30.5 Å². The number of aromatic nitrogens is 1. The van der Waals surface area contributed by atoms with Crippen LogP contribution < -0.4 is 5.19 Å². The summed E-state index contributed by atoms with van der Waals surface area (Å²) >= 11 is 0. The van der Waals surface area contributed by atoms with Crippen LogP contribution in [0, 0.1) is 0 Å². The second kappa shape index (κ2) is 3.74. The quantitative estimate of drug-likeness (QED) is 0.672. The van der Waals surface area contributed by atoms with Crippen LogP contribution in [0.15, 0.2) is 30.5 Å². The molecule has 2 rings (SSSR count). The average Bonchev–Trinajstić information content (AvgIpc) is 2.56. The molecule has 0 fully saturated rings. The Balaban J connectivity index is 2.72. The van der Waals surface area contributed by atoms with Crippen LogP contribution in [0.1, 0.15) is 20.8 Å². The molecule has 0 bridgehead atoms. The normalized spacial score (nSPS) is 13.3. The van der Waals surface area contributed by atoms with E-state index >= 15 is 0 Å². The van der Waals surface area contributed by atoms with E-state index in [0.717, 1.165) is 0 Å². The van der Waals surface area contributed by atoms with Gasteiger partial charge >= 0.3 is 0 Å². The van der Waals surface area contributed by atoms with E-state index in [9.17, 15) is 0 Å². The lowest BCUT2D eigenvalue weighted by Gasteiger charge is -2.36. The third-order valence-corrected chi connectivity index (χ3v) is 9.94. The highest BCUT2D eigenvalue weighted by atomic mass is 28.3. The van der Waals surface area contributed by atoms with Crippen LogP contribution in [0.2, 0.25) is 18.1 Å². The zero-order valence-electron chi connectivity index (χ0n) is 11.8. The zero-order valence-corrected chi connectivity index (χ0v) is 12.8. The Morgan fingerprint density at radius 3 is 2.24 bits per heavy atom. The highest BCUT2D eigenvalue weighted by molar-refractivity contribution is 6.93. The summed E-state index contributed by atoms with van der Waals surface area (Å²) in [7, 11) is 0.706. The van der Waals surface area contributed by atoms with Gasteiger partial charge in [-0.1, -0.05) is 52.1 Å². The molecule has 0 radical (unpaired) electrons. The smallest absolute Gasteiger partial charge is 0.0887 e. The van der Waals surface area contributed by atoms with Crippen molar-refractivity contribution >= 4 is 24.2 Å². The number of aryl methyl sites for hydroxylation is 1.